The van der Waals surface area contributed by atoms with Crippen LogP contribution in [0, 0.1) is 0 Å². The number of carboxylic acids is 1. The number of benzene rings is 1. The number of halogens is 1. The number of carbonyl (C=O) groups excluding carboxylic acids is 1. The number of ether oxygens (including phenoxy) is 2. The highest BCUT2D eigenvalue weighted by molar-refractivity contribution is 9.10. The molecule has 7 heteroatoms. The molecule has 1 amide bonds. The Morgan fingerprint density at radius 1 is 1.59 bits per heavy atom. The van der Waals surface area contributed by atoms with Crippen LogP contribution in [0.4, 0.5) is 0 Å². The summed E-state index contributed by atoms with van der Waals surface area (Å²) in [4.78, 5) is 23.5. The maximum absolute atomic E-state index is 12.3. The summed E-state index contributed by atoms with van der Waals surface area (Å²) in [5, 5.41) is 11.6. The summed E-state index contributed by atoms with van der Waals surface area (Å²) in [6.07, 6.45) is 1.51. The number of hydrogen-bond acceptors (Lipinski definition) is 4. The van der Waals surface area contributed by atoms with Crippen molar-refractivity contribution in [3.05, 3.63) is 40.9 Å². The number of aliphatic carboxylic acids is 1. The number of fused-ring (bicyclic) bond motifs is 1. The van der Waals surface area contributed by atoms with Gasteiger partial charge in [-0.05, 0) is 18.2 Å². The zero-order chi connectivity index (χ0) is 16.1. The molecule has 0 saturated heterocycles. The third kappa shape index (κ3) is 3.86. The number of carbonyl (C=O) groups is 2. The predicted octanol–water partition coefficient (Wildman–Crippen LogP) is 1.70. The third-order valence-electron chi connectivity index (χ3n) is 3.20. The van der Waals surface area contributed by atoms with Crippen molar-refractivity contribution in [1.82, 2.24) is 5.32 Å². The van der Waals surface area contributed by atoms with Crippen molar-refractivity contribution < 1.29 is 24.2 Å². The average Bonchev–Trinajstić information content (AvgIpc) is 2.89. The molecule has 1 aliphatic rings. The van der Waals surface area contributed by atoms with E-state index in [4.69, 9.17) is 14.6 Å². The molecular formula is C15H16BrNO5. The standard InChI is InChI=1S/C15H16BrNO5/c1-2-5-21-8-12(15(19)20)17-14(18)11-7-22-13-4-3-9(16)6-10(11)13/h2-4,6,11-12H,1,5,7-8H2,(H,17,18)(H,19,20). The normalized spacial score (nSPS) is 17.2. The molecule has 1 aromatic carbocycles. The Bertz CT molecular complexity index is 589. The van der Waals surface area contributed by atoms with Crippen molar-refractivity contribution >= 4 is 27.8 Å². The Kier molecular flexibility index (Phi) is 5.57. The number of hydrogen-bond donors (Lipinski definition) is 2. The van der Waals surface area contributed by atoms with Gasteiger partial charge in [-0.15, -0.1) is 6.58 Å². The average molecular weight is 370 g/mol. The second-order valence-electron chi connectivity index (χ2n) is 4.77. The van der Waals surface area contributed by atoms with E-state index in [0.717, 1.165) is 10.0 Å². The predicted molar refractivity (Wildman–Crippen MR) is 83.0 cm³/mol. The summed E-state index contributed by atoms with van der Waals surface area (Å²) in [5.41, 5.74) is 0.739. The first kappa shape index (κ1) is 16.5. The van der Waals surface area contributed by atoms with Crippen molar-refractivity contribution in [2.24, 2.45) is 0 Å². The van der Waals surface area contributed by atoms with Crippen molar-refractivity contribution in [1.29, 1.82) is 0 Å². The van der Waals surface area contributed by atoms with Gasteiger partial charge < -0.3 is 19.9 Å². The van der Waals surface area contributed by atoms with E-state index in [1.807, 2.05) is 6.07 Å². The van der Waals surface area contributed by atoms with Crippen LogP contribution in [0.3, 0.4) is 0 Å². The van der Waals surface area contributed by atoms with E-state index >= 15 is 0 Å². The molecule has 0 saturated carbocycles. The number of amides is 1. The van der Waals surface area contributed by atoms with E-state index in [2.05, 4.69) is 27.8 Å². The molecule has 0 aliphatic carbocycles. The fraction of sp³-hybridized carbons (Fsp3) is 0.333. The molecule has 0 aromatic heterocycles. The quantitative estimate of drug-likeness (QED) is 0.564. The van der Waals surface area contributed by atoms with Gasteiger partial charge in [0.15, 0.2) is 6.04 Å². The molecule has 0 fully saturated rings. The van der Waals surface area contributed by atoms with Gasteiger partial charge in [-0.25, -0.2) is 4.79 Å². The van der Waals surface area contributed by atoms with Gasteiger partial charge in [-0.3, -0.25) is 4.79 Å². The van der Waals surface area contributed by atoms with E-state index in [1.165, 1.54) is 6.08 Å². The van der Waals surface area contributed by atoms with Crippen LogP contribution in [0.1, 0.15) is 11.5 Å². The van der Waals surface area contributed by atoms with Gasteiger partial charge in [0.05, 0.1) is 13.2 Å². The molecule has 6 nitrogen and oxygen atoms in total. The summed E-state index contributed by atoms with van der Waals surface area (Å²) >= 11 is 3.35. The van der Waals surface area contributed by atoms with E-state index in [1.54, 1.807) is 12.1 Å². The molecule has 0 bridgehead atoms. The SMILES string of the molecule is C=CCOCC(NC(=O)C1COc2ccc(Br)cc21)C(=O)O. The minimum atomic E-state index is -1.15. The van der Waals surface area contributed by atoms with Crippen LogP contribution in [0.25, 0.3) is 0 Å². The first-order valence-electron chi connectivity index (χ1n) is 6.67. The molecular weight excluding hydrogens is 354 g/mol. The van der Waals surface area contributed by atoms with Crippen LogP contribution >= 0.6 is 15.9 Å². The molecule has 2 rings (SSSR count). The molecule has 1 aliphatic heterocycles. The van der Waals surface area contributed by atoms with Crippen LogP contribution in [0.15, 0.2) is 35.3 Å². The Balaban J connectivity index is 2.04. The number of nitrogens with one attached hydrogen (secondary N) is 1. The second-order valence-corrected chi connectivity index (χ2v) is 5.69. The smallest absolute Gasteiger partial charge is 0.328 e. The van der Waals surface area contributed by atoms with Crippen molar-refractivity contribution in [3.8, 4) is 5.75 Å². The van der Waals surface area contributed by atoms with Crippen molar-refractivity contribution in [2.45, 2.75) is 12.0 Å². The Labute approximate surface area is 136 Å². The third-order valence-corrected chi connectivity index (χ3v) is 3.70. The highest BCUT2D eigenvalue weighted by atomic mass is 79.9. The maximum atomic E-state index is 12.3. The van der Waals surface area contributed by atoms with Gasteiger partial charge >= 0.3 is 5.97 Å². The molecule has 118 valence electrons. The van der Waals surface area contributed by atoms with Gasteiger partial charge in [0.25, 0.3) is 0 Å². The summed E-state index contributed by atoms with van der Waals surface area (Å²) < 4.78 is 11.4. The Morgan fingerprint density at radius 2 is 2.36 bits per heavy atom. The lowest BCUT2D eigenvalue weighted by atomic mass is 10.0. The summed E-state index contributed by atoms with van der Waals surface area (Å²) in [6.45, 7) is 3.78. The molecule has 1 aromatic rings. The Hall–Kier alpha value is -1.86. The monoisotopic (exact) mass is 369 g/mol. The first-order chi connectivity index (χ1) is 10.5. The van der Waals surface area contributed by atoms with Gasteiger partial charge in [-0.2, -0.15) is 0 Å². The van der Waals surface area contributed by atoms with Gasteiger partial charge in [0.2, 0.25) is 5.91 Å². The lowest BCUT2D eigenvalue weighted by Crippen LogP contribution is -2.46. The minimum absolute atomic E-state index is 0.119. The molecule has 0 spiro atoms. The molecule has 0 radical (unpaired) electrons. The maximum Gasteiger partial charge on any atom is 0.328 e. The van der Waals surface area contributed by atoms with E-state index in [-0.39, 0.29) is 19.8 Å². The minimum Gasteiger partial charge on any atom is -0.492 e. The summed E-state index contributed by atoms with van der Waals surface area (Å²) in [7, 11) is 0. The number of carboxylic acid groups (broad SMARTS) is 1. The van der Waals surface area contributed by atoms with Crippen molar-refractivity contribution in [3.63, 3.8) is 0 Å². The lowest BCUT2D eigenvalue weighted by Gasteiger charge is -2.17. The summed E-state index contributed by atoms with van der Waals surface area (Å²) in [5.74, 6) is -1.44. The molecule has 22 heavy (non-hydrogen) atoms. The van der Waals surface area contributed by atoms with Gasteiger partial charge in [-0.1, -0.05) is 22.0 Å². The van der Waals surface area contributed by atoms with E-state index < -0.39 is 23.8 Å². The zero-order valence-electron chi connectivity index (χ0n) is 11.8. The van der Waals surface area contributed by atoms with Crippen LogP contribution in [-0.2, 0) is 14.3 Å². The fourth-order valence-corrected chi connectivity index (χ4v) is 2.50. The second kappa shape index (κ2) is 7.42. The van der Waals surface area contributed by atoms with Gasteiger partial charge in [0, 0.05) is 10.0 Å². The zero-order valence-corrected chi connectivity index (χ0v) is 13.3. The van der Waals surface area contributed by atoms with Crippen LogP contribution < -0.4 is 10.1 Å². The van der Waals surface area contributed by atoms with Crippen LogP contribution in [-0.4, -0.2) is 42.8 Å². The van der Waals surface area contributed by atoms with Crippen LogP contribution in [0.2, 0.25) is 0 Å². The molecule has 2 atom stereocenters. The molecule has 2 unspecified atom stereocenters. The van der Waals surface area contributed by atoms with Crippen LogP contribution in [0.5, 0.6) is 5.75 Å². The van der Waals surface area contributed by atoms with Gasteiger partial charge in [0.1, 0.15) is 18.3 Å². The Morgan fingerprint density at radius 3 is 3.05 bits per heavy atom. The highest BCUT2D eigenvalue weighted by Gasteiger charge is 2.33. The first-order valence-corrected chi connectivity index (χ1v) is 7.46. The topological polar surface area (TPSA) is 84.9 Å². The molecule has 2 N–H and O–H groups in total. The number of rotatable bonds is 7. The fourth-order valence-electron chi connectivity index (χ4n) is 2.12. The largest absolute Gasteiger partial charge is 0.492 e. The highest BCUT2D eigenvalue weighted by Crippen LogP contribution is 2.35. The van der Waals surface area contributed by atoms with E-state index in [9.17, 15) is 9.59 Å². The summed E-state index contributed by atoms with van der Waals surface area (Å²) in [6, 6.07) is 4.29. The lowest BCUT2D eigenvalue weighted by molar-refractivity contribution is -0.143. The molecule has 1 heterocycles. The van der Waals surface area contributed by atoms with Crippen molar-refractivity contribution in [2.75, 3.05) is 19.8 Å². The van der Waals surface area contributed by atoms with E-state index in [0.29, 0.717) is 5.75 Å².